The Kier molecular flexibility index (Phi) is 4.46. The predicted molar refractivity (Wildman–Crippen MR) is 82.9 cm³/mol. The first kappa shape index (κ1) is 15.2. The van der Waals surface area contributed by atoms with Gasteiger partial charge in [0.15, 0.2) is 0 Å². The van der Waals surface area contributed by atoms with Gasteiger partial charge in [-0.15, -0.1) is 11.3 Å². The third kappa shape index (κ3) is 3.08. The van der Waals surface area contributed by atoms with E-state index in [1.165, 1.54) is 17.4 Å². The first-order valence-electron chi connectivity index (χ1n) is 6.53. The third-order valence-corrected chi connectivity index (χ3v) is 8.44. The number of nitrogens with zero attached hydrogens (tertiary/aromatic N) is 1. The summed E-state index contributed by atoms with van der Waals surface area (Å²) in [5, 5.41) is 0.452. The smallest absolute Gasteiger partial charge is 0.252 e. The summed E-state index contributed by atoms with van der Waals surface area (Å²) in [6.07, 6.45) is 2.84. The summed E-state index contributed by atoms with van der Waals surface area (Å²) in [4.78, 5) is 0. The molecular formula is C12H15BrClNO3S2. The van der Waals surface area contributed by atoms with Gasteiger partial charge in [-0.2, -0.15) is 4.31 Å². The van der Waals surface area contributed by atoms with Crippen LogP contribution in [-0.4, -0.2) is 38.5 Å². The summed E-state index contributed by atoms with van der Waals surface area (Å²) in [5.41, 5.74) is 0. The number of thiophene rings is 1. The van der Waals surface area contributed by atoms with Crippen LogP contribution in [-0.2, 0) is 14.8 Å². The second-order valence-corrected chi connectivity index (χ2v) is 10.1. The minimum atomic E-state index is -3.45. The van der Waals surface area contributed by atoms with Crippen molar-refractivity contribution in [2.24, 2.45) is 5.92 Å². The van der Waals surface area contributed by atoms with E-state index in [1.54, 1.807) is 4.31 Å². The van der Waals surface area contributed by atoms with Crippen LogP contribution < -0.4 is 0 Å². The van der Waals surface area contributed by atoms with Crippen LogP contribution in [0.5, 0.6) is 0 Å². The summed E-state index contributed by atoms with van der Waals surface area (Å²) in [5.74, 6) is 0.309. The van der Waals surface area contributed by atoms with E-state index < -0.39 is 10.0 Å². The van der Waals surface area contributed by atoms with Crippen molar-refractivity contribution in [2.45, 2.75) is 29.5 Å². The highest BCUT2D eigenvalue weighted by molar-refractivity contribution is 9.11. The molecule has 4 nitrogen and oxygen atoms in total. The van der Waals surface area contributed by atoms with Gasteiger partial charge in [-0.25, -0.2) is 8.42 Å². The van der Waals surface area contributed by atoms with Crippen LogP contribution in [0.1, 0.15) is 19.3 Å². The fourth-order valence-electron chi connectivity index (χ4n) is 2.36. The van der Waals surface area contributed by atoms with Crippen molar-refractivity contribution in [1.82, 2.24) is 4.31 Å². The fraction of sp³-hybridized carbons (Fsp3) is 0.667. The zero-order valence-electron chi connectivity index (χ0n) is 10.7. The number of halogens is 2. The fourth-order valence-corrected chi connectivity index (χ4v) is 6.65. The highest BCUT2D eigenvalue weighted by atomic mass is 79.9. The Morgan fingerprint density at radius 3 is 2.70 bits per heavy atom. The molecule has 1 unspecified atom stereocenters. The molecule has 1 saturated heterocycles. The average molecular weight is 401 g/mol. The second-order valence-electron chi connectivity index (χ2n) is 5.22. The number of sulfonamides is 1. The highest BCUT2D eigenvalue weighted by Crippen LogP contribution is 2.39. The molecule has 0 aromatic carbocycles. The van der Waals surface area contributed by atoms with Gasteiger partial charge in [0.25, 0.3) is 10.0 Å². The Balaban J connectivity index is 1.85. The van der Waals surface area contributed by atoms with Gasteiger partial charge in [-0.1, -0.05) is 11.6 Å². The van der Waals surface area contributed by atoms with E-state index in [9.17, 15) is 8.42 Å². The molecule has 2 aliphatic rings. The van der Waals surface area contributed by atoms with Crippen LogP contribution in [0.2, 0.25) is 5.02 Å². The van der Waals surface area contributed by atoms with E-state index in [0.29, 0.717) is 32.1 Å². The topological polar surface area (TPSA) is 46.6 Å². The molecule has 1 aliphatic carbocycles. The Labute approximate surface area is 136 Å². The SMILES string of the molecule is O=S(=O)(c1cc(Cl)c(Br)s1)N(CC1CCOC1)C1CC1. The van der Waals surface area contributed by atoms with Gasteiger partial charge >= 0.3 is 0 Å². The molecule has 0 spiro atoms. The van der Waals surface area contributed by atoms with Crippen LogP contribution in [0.15, 0.2) is 14.1 Å². The molecular weight excluding hydrogens is 386 g/mol. The summed E-state index contributed by atoms with van der Waals surface area (Å²) < 4.78 is 33.6. The number of ether oxygens (including phenoxy) is 1. The maximum Gasteiger partial charge on any atom is 0.252 e. The van der Waals surface area contributed by atoms with Gasteiger partial charge < -0.3 is 4.74 Å². The summed E-state index contributed by atoms with van der Waals surface area (Å²) in [6, 6.07) is 1.69. The largest absolute Gasteiger partial charge is 0.381 e. The molecule has 0 amide bonds. The van der Waals surface area contributed by atoms with E-state index in [-0.39, 0.29) is 6.04 Å². The molecule has 1 saturated carbocycles. The van der Waals surface area contributed by atoms with Crippen molar-refractivity contribution in [3.8, 4) is 0 Å². The van der Waals surface area contributed by atoms with Crippen molar-refractivity contribution >= 4 is 48.9 Å². The third-order valence-electron chi connectivity index (χ3n) is 3.60. The Morgan fingerprint density at radius 2 is 2.20 bits per heavy atom. The van der Waals surface area contributed by atoms with E-state index in [0.717, 1.165) is 25.9 Å². The molecule has 2 heterocycles. The molecule has 8 heteroatoms. The van der Waals surface area contributed by atoms with Crippen molar-refractivity contribution in [3.63, 3.8) is 0 Å². The van der Waals surface area contributed by atoms with E-state index in [2.05, 4.69) is 15.9 Å². The lowest BCUT2D eigenvalue weighted by atomic mass is 10.1. The van der Waals surface area contributed by atoms with Gasteiger partial charge in [0.1, 0.15) is 4.21 Å². The normalized spacial score (nSPS) is 23.6. The summed E-state index contributed by atoms with van der Waals surface area (Å²) in [7, 11) is -3.45. The van der Waals surface area contributed by atoms with Crippen molar-refractivity contribution in [1.29, 1.82) is 0 Å². The molecule has 1 aromatic heterocycles. The van der Waals surface area contributed by atoms with Crippen LogP contribution in [0.3, 0.4) is 0 Å². The lowest BCUT2D eigenvalue weighted by molar-refractivity contribution is 0.180. The molecule has 2 fully saturated rings. The maximum atomic E-state index is 12.8. The minimum Gasteiger partial charge on any atom is -0.381 e. The van der Waals surface area contributed by atoms with E-state index in [1.807, 2.05) is 0 Å². The van der Waals surface area contributed by atoms with Gasteiger partial charge in [0.05, 0.1) is 15.4 Å². The lowest BCUT2D eigenvalue weighted by Gasteiger charge is -2.23. The number of hydrogen-bond donors (Lipinski definition) is 0. The average Bonchev–Trinajstić information content (AvgIpc) is 2.98. The standard InChI is InChI=1S/C12H15BrClNO3S2/c13-12-10(14)5-11(19-12)20(16,17)15(9-1-2-9)6-8-3-4-18-7-8/h5,8-9H,1-4,6-7H2. The quantitative estimate of drug-likeness (QED) is 0.761. The zero-order valence-corrected chi connectivity index (χ0v) is 14.7. The van der Waals surface area contributed by atoms with Crippen LogP contribution in [0.4, 0.5) is 0 Å². The molecule has 1 aromatic rings. The number of hydrogen-bond acceptors (Lipinski definition) is 4. The second kappa shape index (κ2) is 5.85. The van der Waals surface area contributed by atoms with Gasteiger partial charge in [0.2, 0.25) is 0 Å². The maximum absolute atomic E-state index is 12.8. The Hall–Kier alpha value is 0.340. The minimum absolute atomic E-state index is 0.153. The molecule has 20 heavy (non-hydrogen) atoms. The van der Waals surface area contributed by atoms with E-state index >= 15 is 0 Å². The van der Waals surface area contributed by atoms with Crippen LogP contribution in [0, 0.1) is 5.92 Å². The van der Waals surface area contributed by atoms with Gasteiger partial charge in [-0.05, 0) is 47.2 Å². The molecule has 1 atom stereocenters. The van der Waals surface area contributed by atoms with Crippen molar-refractivity contribution in [3.05, 3.63) is 14.9 Å². The van der Waals surface area contributed by atoms with Crippen molar-refractivity contribution < 1.29 is 13.2 Å². The van der Waals surface area contributed by atoms with E-state index in [4.69, 9.17) is 16.3 Å². The van der Waals surface area contributed by atoms with Gasteiger partial charge in [0, 0.05) is 19.2 Å². The molecule has 1 aliphatic heterocycles. The first-order valence-corrected chi connectivity index (χ1v) is 9.95. The molecule has 0 bridgehead atoms. The summed E-state index contributed by atoms with van der Waals surface area (Å²) >= 11 is 10.4. The Bertz CT molecular complexity index is 574. The monoisotopic (exact) mass is 399 g/mol. The lowest BCUT2D eigenvalue weighted by Crippen LogP contribution is -2.37. The van der Waals surface area contributed by atoms with Gasteiger partial charge in [-0.3, -0.25) is 0 Å². The number of rotatable bonds is 5. The predicted octanol–water partition coefficient (Wildman–Crippen LogP) is 3.35. The van der Waals surface area contributed by atoms with Crippen LogP contribution >= 0.6 is 38.9 Å². The highest BCUT2D eigenvalue weighted by Gasteiger charge is 2.40. The van der Waals surface area contributed by atoms with Crippen molar-refractivity contribution in [2.75, 3.05) is 19.8 Å². The first-order chi connectivity index (χ1) is 9.48. The summed E-state index contributed by atoms with van der Waals surface area (Å²) in [6.45, 7) is 1.95. The molecule has 112 valence electrons. The molecule has 3 rings (SSSR count). The van der Waals surface area contributed by atoms with Crippen LogP contribution in [0.25, 0.3) is 0 Å². The Morgan fingerprint density at radius 1 is 1.45 bits per heavy atom. The zero-order chi connectivity index (χ0) is 14.3. The molecule has 0 N–H and O–H groups in total. The molecule has 0 radical (unpaired) electrons.